The van der Waals surface area contributed by atoms with E-state index < -0.39 is 42.0 Å². The van der Waals surface area contributed by atoms with Crippen molar-refractivity contribution in [1.82, 2.24) is 0 Å². The molecule has 0 aliphatic rings. The fourth-order valence-electron chi connectivity index (χ4n) is 2.50. The first-order valence-corrected chi connectivity index (χ1v) is 9.01. The summed E-state index contributed by atoms with van der Waals surface area (Å²) in [5, 5.41) is 2.10. The molecule has 0 radical (unpaired) electrons. The minimum absolute atomic E-state index is 0.167. The van der Waals surface area contributed by atoms with Crippen LogP contribution in [0.25, 0.3) is 0 Å². The largest absolute Gasteiger partial charge is 0.493 e. The summed E-state index contributed by atoms with van der Waals surface area (Å²) >= 11 is 0. The molecular weight excluding hydrogens is 419 g/mol. The average molecular weight is 439 g/mol. The molecule has 0 fully saturated rings. The van der Waals surface area contributed by atoms with Crippen LogP contribution < -0.4 is 14.8 Å². The summed E-state index contributed by atoms with van der Waals surface area (Å²) in [6.45, 7) is 2.00. The molecule has 1 unspecified atom stereocenters. The molecule has 0 aromatic heterocycles. The van der Waals surface area contributed by atoms with E-state index in [9.17, 15) is 27.6 Å². The molecule has 166 valence electrons. The van der Waals surface area contributed by atoms with E-state index in [0.29, 0.717) is 5.56 Å². The van der Waals surface area contributed by atoms with Gasteiger partial charge >= 0.3 is 12.1 Å². The van der Waals surface area contributed by atoms with Crippen molar-refractivity contribution in [2.24, 2.45) is 0 Å². The predicted molar refractivity (Wildman–Crippen MR) is 104 cm³/mol. The Balaban J connectivity index is 1.96. The number of methoxy groups -OCH3 is 1. The molecular formula is C21H20F3NO6. The van der Waals surface area contributed by atoms with Crippen LogP contribution >= 0.6 is 0 Å². The van der Waals surface area contributed by atoms with Gasteiger partial charge in [0, 0.05) is 5.56 Å². The lowest BCUT2D eigenvalue weighted by molar-refractivity contribution is -0.155. The Morgan fingerprint density at radius 1 is 1.06 bits per heavy atom. The van der Waals surface area contributed by atoms with E-state index >= 15 is 0 Å². The zero-order chi connectivity index (χ0) is 23.2. The molecule has 0 saturated carbocycles. The van der Waals surface area contributed by atoms with Crippen molar-refractivity contribution in [2.75, 3.05) is 19.0 Å². The molecule has 1 amide bonds. The third-order valence-electron chi connectivity index (χ3n) is 4.08. The van der Waals surface area contributed by atoms with Gasteiger partial charge in [-0.3, -0.25) is 9.59 Å². The van der Waals surface area contributed by atoms with E-state index in [1.54, 1.807) is 0 Å². The summed E-state index contributed by atoms with van der Waals surface area (Å²) < 4.78 is 54.4. The molecule has 0 heterocycles. The first kappa shape index (κ1) is 23.7. The number of halogens is 3. The van der Waals surface area contributed by atoms with Crippen LogP contribution in [-0.4, -0.2) is 37.5 Å². The number of amides is 1. The van der Waals surface area contributed by atoms with E-state index in [-0.39, 0.29) is 17.3 Å². The number of hydrogen-bond donors (Lipinski definition) is 1. The second-order valence-corrected chi connectivity index (χ2v) is 6.38. The van der Waals surface area contributed by atoms with Gasteiger partial charge in [0.25, 0.3) is 5.91 Å². The first-order chi connectivity index (χ1) is 14.5. The topological polar surface area (TPSA) is 90.9 Å². The van der Waals surface area contributed by atoms with E-state index in [4.69, 9.17) is 14.2 Å². The first-order valence-electron chi connectivity index (χ1n) is 9.01. The summed E-state index contributed by atoms with van der Waals surface area (Å²) in [6.07, 6.45) is -6.03. The number of hydrogen-bond acceptors (Lipinski definition) is 6. The Bertz CT molecular complexity index is 974. The molecule has 7 nitrogen and oxygen atoms in total. The van der Waals surface area contributed by atoms with Crippen LogP contribution in [0.5, 0.6) is 11.5 Å². The van der Waals surface area contributed by atoms with Crippen LogP contribution in [0.1, 0.15) is 29.8 Å². The number of anilines is 1. The van der Waals surface area contributed by atoms with Crippen molar-refractivity contribution in [2.45, 2.75) is 26.1 Å². The Hall–Kier alpha value is -3.56. The number of carbonyl (C=O) groups excluding carboxylic acids is 3. The minimum Gasteiger partial charge on any atom is -0.493 e. The second kappa shape index (κ2) is 9.96. The van der Waals surface area contributed by atoms with E-state index in [1.165, 1.54) is 51.3 Å². The quantitative estimate of drug-likeness (QED) is 0.496. The van der Waals surface area contributed by atoms with Crippen LogP contribution in [0, 0.1) is 0 Å². The summed E-state index contributed by atoms with van der Waals surface area (Å²) in [4.78, 5) is 35.5. The van der Waals surface area contributed by atoms with Crippen LogP contribution in [0.2, 0.25) is 0 Å². The lowest BCUT2D eigenvalue weighted by atomic mass is 10.1. The molecule has 31 heavy (non-hydrogen) atoms. The lowest BCUT2D eigenvalue weighted by Crippen LogP contribution is -2.32. The number of ether oxygens (including phenoxy) is 3. The van der Waals surface area contributed by atoms with Crippen molar-refractivity contribution >= 4 is 23.3 Å². The summed E-state index contributed by atoms with van der Waals surface area (Å²) in [5.74, 6) is -1.66. The van der Waals surface area contributed by atoms with Gasteiger partial charge in [-0.15, -0.1) is 0 Å². The third kappa shape index (κ3) is 6.46. The van der Waals surface area contributed by atoms with Crippen molar-refractivity contribution < 1.29 is 41.8 Å². The Labute approximate surface area is 176 Å². The van der Waals surface area contributed by atoms with Gasteiger partial charge in [0.1, 0.15) is 0 Å². The fourth-order valence-corrected chi connectivity index (χ4v) is 2.50. The highest BCUT2D eigenvalue weighted by Crippen LogP contribution is 2.34. The van der Waals surface area contributed by atoms with E-state index in [2.05, 4.69) is 5.32 Å². The zero-order valence-electron chi connectivity index (χ0n) is 16.9. The number of Topliss-reactive ketones (excluding diaryl/α,β-unsaturated/α-hetero) is 1. The number of rotatable bonds is 8. The number of nitrogens with one attached hydrogen (secondary N) is 1. The highest BCUT2D eigenvalue weighted by Gasteiger charge is 2.34. The Morgan fingerprint density at radius 3 is 2.35 bits per heavy atom. The van der Waals surface area contributed by atoms with Crippen LogP contribution in [-0.2, 0) is 20.5 Å². The third-order valence-corrected chi connectivity index (χ3v) is 4.08. The molecule has 2 rings (SSSR count). The van der Waals surface area contributed by atoms with Gasteiger partial charge < -0.3 is 19.5 Å². The van der Waals surface area contributed by atoms with Crippen molar-refractivity contribution in [3.63, 3.8) is 0 Å². The molecule has 1 N–H and O–H groups in total. The van der Waals surface area contributed by atoms with E-state index in [0.717, 1.165) is 12.1 Å². The van der Waals surface area contributed by atoms with E-state index in [1.807, 2.05) is 0 Å². The number of ketones is 1. The fraction of sp³-hybridized carbons (Fsp3) is 0.286. The van der Waals surface area contributed by atoms with Gasteiger partial charge in [-0.2, -0.15) is 13.2 Å². The van der Waals surface area contributed by atoms with Gasteiger partial charge in [0.15, 0.2) is 30.0 Å². The van der Waals surface area contributed by atoms with Crippen molar-refractivity contribution in [3.05, 3.63) is 53.6 Å². The number of benzene rings is 2. The number of carbonyl (C=O) groups is 3. The highest BCUT2D eigenvalue weighted by molar-refractivity contribution is 5.96. The summed E-state index contributed by atoms with van der Waals surface area (Å²) in [6, 6.07) is 8.81. The van der Waals surface area contributed by atoms with Crippen molar-refractivity contribution in [3.8, 4) is 11.5 Å². The zero-order valence-corrected chi connectivity index (χ0v) is 16.9. The van der Waals surface area contributed by atoms with Gasteiger partial charge in [-0.05, 0) is 44.2 Å². The van der Waals surface area contributed by atoms with Gasteiger partial charge in [-0.25, -0.2) is 4.79 Å². The lowest BCUT2D eigenvalue weighted by Gasteiger charge is -2.17. The molecule has 0 bridgehead atoms. The standard InChI is InChI=1S/C21H20F3NO6/c1-12(26)14-8-9-17(18(10-14)29-3)30-11-19(27)31-13(2)20(28)25-16-7-5-4-6-15(16)21(22,23)24/h4-10,13H,11H2,1-3H3,(H,25,28). The molecule has 0 aliphatic heterocycles. The number of esters is 1. The predicted octanol–water partition coefficient (Wildman–Crippen LogP) is 3.87. The monoisotopic (exact) mass is 439 g/mol. The molecule has 2 aromatic carbocycles. The molecule has 10 heteroatoms. The van der Waals surface area contributed by atoms with Crippen molar-refractivity contribution in [1.29, 1.82) is 0 Å². The summed E-state index contributed by atoms with van der Waals surface area (Å²) in [7, 11) is 1.36. The van der Waals surface area contributed by atoms with Crippen LogP contribution in [0.3, 0.4) is 0 Å². The second-order valence-electron chi connectivity index (χ2n) is 6.38. The Morgan fingerprint density at radius 2 is 1.74 bits per heavy atom. The van der Waals surface area contributed by atoms with Gasteiger partial charge in [-0.1, -0.05) is 12.1 Å². The average Bonchev–Trinajstić information content (AvgIpc) is 2.71. The smallest absolute Gasteiger partial charge is 0.418 e. The number of alkyl halides is 3. The van der Waals surface area contributed by atoms with Gasteiger partial charge in [0.2, 0.25) is 0 Å². The molecule has 0 saturated heterocycles. The van der Waals surface area contributed by atoms with Crippen LogP contribution in [0.15, 0.2) is 42.5 Å². The van der Waals surface area contributed by atoms with Crippen LogP contribution in [0.4, 0.5) is 18.9 Å². The minimum atomic E-state index is -4.66. The molecule has 0 spiro atoms. The molecule has 2 aromatic rings. The maximum absolute atomic E-state index is 13.0. The highest BCUT2D eigenvalue weighted by atomic mass is 19.4. The maximum Gasteiger partial charge on any atom is 0.418 e. The summed E-state index contributed by atoms with van der Waals surface area (Å²) in [5.41, 5.74) is -1.09. The normalized spacial score (nSPS) is 11.9. The SMILES string of the molecule is COc1cc(C(C)=O)ccc1OCC(=O)OC(C)C(=O)Nc1ccccc1C(F)(F)F. The maximum atomic E-state index is 13.0. The molecule has 1 atom stereocenters. The molecule has 0 aliphatic carbocycles. The Kier molecular flexibility index (Phi) is 7.62. The number of para-hydroxylation sites is 1. The van der Waals surface area contributed by atoms with Gasteiger partial charge in [0.05, 0.1) is 18.4 Å².